The minimum atomic E-state index is 0.122. The van der Waals surface area contributed by atoms with E-state index in [1.165, 1.54) is 27.8 Å². The smallest absolute Gasteiger partial charge is 0.159 e. The van der Waals surface area contributed by atoms with E-state index in [1.807, 2.05) is 12.1 Å². The number of allylic oxidation sites excluding steroid dienone is 1. The molecule has 1 aliphatic heterocycles. The number of benzene rings is 3. The predicted octanol–water partition coefficient (Wildman–Crippen LogP) is 7.96. The molecule has 0 spiro atoms. The summed E-state index contributed by atoms with van der Waals surface area (Å²) in [5.74, 6) is 2.32. The highest BCUT2D eigenvalue weighted by Gasteiger charge is 2.26. The summed E-state index contributed by atoms with van der Waals surface area (Å²) >= 11 is 0. The molecule has 0 amide bonds. The quantitative estimate of drug-likeness (QED) is 0.132. The lowest BCUT2D eigenvalue weighted by atomic mass is 9.85. The van der Waals surface area contributed by atoms with E-state index in [0.29, 0.717) is 19.1 Å². The molecule has 5 rings (SSSR count). The van der Waals surface area contributed by atoms with Crippen molar-refractivity contribution in [1.29, 1.82) is 0 Å². The lowest BCUT2D eigenvalue weighted by Crippen LogP contribution is -2.34. The van der Waals surface area contributed by atoms with Gasteiger partial charge < -0.3 is 14.6 Å². The van der Waals surface area contributed by atoms with Crippen LogP contribution < -0.4 is 9.47 Å². The summed E-state index contributed by atoms with van der Waals surface area (Å²) in [6, 6.07) is 21.4. The largest absolute Gasteiger partial charge is 0.513 e. The first-order valence-electron chi connectivity index (χ1n) is 15.2. The van der Waals surface area contributed by atoms with Crippen molar-refractivity contribution in [3.8, 4) is 11.5 Å². The third-order valence-electron chi connectivity index (χ3n) is 8.44. The topological polar surface area (TPSA) is 59.0 Å². The molecule has 3 aromatic carbocycles. The number of carbonyl (C=O) groups is 1. The van der Waals surface area contributed by atoms with Crippen molar-refractivity contribution in [2.45, 2.75) is 77.4 Å². The number of fused-ring (bicyclic) bond motifs is 2. The van der Waals surface area contributed by atoms with E-state index in [9.17, 15) is 9.90 Å². The maximum absolute atomic E-state index is 12.0. The monoisotopic (exact) mass is 553 g/mol. The zero-order valence-corrected chi connectivity index (χ0v) is 24.4. The van der Waals surface area contributed by atoms with Crippen LogP contribution in [0.25, 0.3) is 0 Å². The van der Waals surface area contributed by atoms with Crippen molar-refractivity contribution in [2.24, 2.45) is 0 Å². The van der Waals surface area contributed by atoms with Crippen LogP contribution >= 0.6 is 0 Å². The fraction of sp³-hybridized carbons (Fsp3) is 0.417. The van der Waals surface area contributed by atoms with Gasteiger partial charge in [-0.05, 0) is 117 Å². The van der Waals surface area contributed by atoms with E-state index < -0.39 is 0 Å². The molecule has 1 atom stereocenters. The molecule has 0 aromatic heterocycles. The maximum Gasteiger partial charge on any atom is 0.159 e. The molecule has 3 aromatic rings. The van der Waals surface area contributed by atoms with E-state index in [4.69, 9.17) is 9.47 Å². The van der Waals surface area contributed by atoms with Crippen LogP contribution in [0.15, 0.2) is 73.0 Å². The standard InChI is InChI=1S/C36H43NO4/c1-26(38)9-5-6-20-37(34-13-7-11-31-24-30(27(2)39)16-17-33(31)34)21-19-29-10-3-4-14-35(29)41-25-28-15-18-36-32(23-28)12-8-22-40-36/h3-4,10,14-18,23-24,34,38H,1,5-9,11-13,19-22,25H2,2H3. The molecule has 1 N–H and O–H groups in total. The van der Waals surface area contributed by atoms with Gasteiger partial charge in [-0.1, -0.05) is 43.0 Å². The van der Waals surface area contributed by atoms with Crippen molar-refractivity contribution in [3.05, 3.63) is 106 Å². The van der Waals surface area contributed by atoms with Crippen molar-refractivity contribution < 1.29 is 19.4 Å². The number of aliphatic hydroxyl groups excluding tert-OH is 1. The Labute approximate surface area is 244 Å². The van der Waals surface area contributed by atoms with Gasteiger partial charge in [-0.25, -0.2) is 0 Å². The third-order valence-corrected chi connectivity index (χ3v) is 8.44. The van der Waals surface area contributed by atoms with Gasteiger partial charge in [0.2, 0.25) is 0 Å². The van der Waals surface area contributed by atoms with Gasteiger partial charge in [0.1, 0.15) is 18.1 Å². The van der Waals surface area contributed by atoms with Crippen LogP contribution in [-0.4, -0.2) is 35.5 Å². The summed E-state index contributed by atoms with van der Waals surface area (Å²) in [6.45, 7) is 8.50. The second-order valence-electron chi connectivity index (χ2n) is 11.5. The number of carbonyl (C=O) groups excluding carboxylic acids is 1. The van der Waals surface area contributed by atoms with Gasteiger partial charge in [-0.2, -0.15) is 0 Å². The number of hydrogen-bond acceptors (Lipinski definition) is 5. The van der Waals surface area contributed by atoms with Gasteiger partial charge in [0.25, 0.3) is 0 Å². The zero-order valence-electron chi connectivity index (χ0n) is 24.4. The number of nitrogens with zero attached hydrogens (tertiary/aromatic N) is 1. The highest BCUT2D eigenvalue weighted by Crippen LogP contribution is 2.36. The number of para-hydroxylation sites is 1. The van der Waals surface area contributed by atoms with Crippen LogP contribution in [0.1, 0.15) is 89.7 Å². The number of Topliss-reactive ketones (excluding diaryl/α,β-unsaturated/α-hetero) is 1. The average molecular weight is 554 g/mol. The zero-order chi connectivity index (χ0) is 28.6. The molecule has 1 heterocycles. The van der Waals surface area contributed by atoms with Crippen molar-refractivity contribution in [1.82, 2.24) is 4.90 Å². The molecule has 41 heavy (non-hydrogen) atoms. The Morgan fingerprint density at radius 1 is 1.02 bits per heavy atom. The van der Waals surface area contributed by atoms with Crippen molar-refractivity contribution >= 4 is 5.78 Å². The van der Waals surface area contributed by atoms with Crippen LogP contribution in [0.4, 0.5) is 0 Å². The molecule has 0 saturated carbocycles. The van der Waals surface area contributed by atoms with Crippen molar-refractivity contribution in [2.75, 3.05) is 19.7 Å². The fourth-order valence-electron chi connectivity index (χ4n) is 6.23. The first kappa shape index (κ1) is 28.9. The first-order chi connectivity index (χ1) is 20.0. The molecular formula is C36H43NO4. The van der Waals surface area contributed by atoms with Crippen LogP contribution in [0, 0.1) is 0 Å². The Balaban J connectivity index is 1.29. The number of ether oxygens (including phenoxy) is 2. The molecule has 1 unspecified atom stereocenters. The normalized spacial score (nSPS) is 16.0. The number of aryl methyl sites for hydroxylation is 2. The summed E-state index contributed by atoms with van der Waals surface area (Å²) < 4.78 is 12.2. The molecule has 5 nitrogen and oxygen atoms in total. The molecule has 0 fully saturated rings. The van der Waals surface area contributed by atoms with Crippen LogP contribution in [0.5, 0.6) is 11.5 Å². The summed E-state index contributed by atoms with van der Waals surface area (Å²) in [4.78, 5) is 14.6. The molecule has 216 valence electrons. The summed E-state index contributed by atoms with van der Waals surface area (Å²) in [5, 5.41) is 9.59. The summed E-state index contributed by atoms with van der Waals surface area (Å²) in [5.41, 5.74) is 7.12. The fourth-order valence-corrected chi connectivity index (χ4v) is 6.23. The minimum absolute atomic E-state index is 0.122. The number of rotatable bonds is 13. The highest BCUT2D eigenvalue weighted by atomic mass is 16.5. The van der Waals surface area contributed by atoms with E-state index in [0.717, 1.165) is 88.1 Å². The molecule has 0 saturated heterocycles. The number of aliphatic hydroxyl groups is 1. The molecular weight excluding hydrogens is 510 g/mol. The first-order valence-corrected chi connectivity index (χ1v) is 15.2. The van der Waals surface area contributed by atoms with Gasteiger partial charge in [0, 0.05) is 24.6 Å². The Hall–Kier alpha value is -3.57. The second kappa shape index (κ2) is 13.9. The Bertz CT molecular complexity index is 1360. The molecule has 0 bridgehead atoms. The molecule has 5 heteroatoms. The maximum atomic E-state index is 12.0. The van der Waals surface area contributed by atoms with E-state index in [2.05, 4.69) is 60.0 Å². The van der Waals surface area contributed by atoms with E-state index in [-0.39, 0.29) is 11.5 Å². The molecule has 2 aliphatic rings. The minimum Gasteiger partial charge on any atom is -0.513 e. The Kier molecular flexibility index (Phi) is 9.79. The third kappa shape index (κ3) is 7.59. The van der Waals surface area contributed by atoms with Crippen molar-refractivity contribution in [3.63, 3.8) is 0 Å². The predicted molar refractivity (Wildman–Crippen MR) is 164 cm³/mol. The van der Waals surface area contributed by atoms with Crippen LogP contribution in [0.2, 0.25) is 0 Å². The number of unbranched alkanes of at least 4 members (excludes halogenated alkanes) is 1. The molecule has 1 aliphatic carbocycles. The lowest BCUT2D eigenvalue weighted by molar-refractivity contribution is 0.101. The number of hydrogen-bond donors (Lipinski definition) is 1. The number of ketones is 1. The molecule has 0 radical (unpaired) electrons. The van der Waals surface area contributed by atoms with E-state index in [1.54, 1.807) is 6.92 Å². The SMILES string of the molecule is C=C(O)CCCCN(CCc1ccccc1OCc1ccc2c(c1)CCCO2)C1CCCc2cc(C(C)=O)ccc21. The Morgan fingerprint density at radius 3 is 2.73 bits per heavy atom. The van der Waals surface area contributed by atoms with Gasteiger partial charge in [-0.15, -0.1) is 0 Å². The Morgan fingerprint density at radius 2 is 1.88 bits per heavy atom. The average Bonchev–Trinajstić information content (AvgIpc) is 2.99. The van der Waals surface area contributed by atoms with Gasteiger partial charge in [0.15, 0.2) is 5.78 Å². The second-order valence-corrected chi connectivity index (χ2v) is 11.5. The van der Waals surface area contributed by atoms with E-state index >= 15 is 0 Å². The van der Waals surface area contributed by atoms with Gasteiger partial charge in [0.05, 0.1) is 12.4 Å². The summed E-state index contributed by atoms with van der Waals surface area (Å²) in [6.07, 6.45) is 8.82. The summed E-state index contributed by atoms with van der Waals surface area (Å²) in [7, 11) is 0. The lowest BCUT2D eigenvalue weighted by Gasteiger charge is -2.36. The van der Waals surface area contributed by atoms with Gasteiger partial charge in [-0.3, -0.25) is 9.69 Å². The van der Waals surface area contributed by atoms with Crippen LogP contribution in [0.3, 0.4) is 0 Å². The highest BCUT2D eigenvalue weighted by molar-refractivity contribution is 5.94. The van der Waals surface area contributed by atoms with Gasteiger partial charge >= 0.3 is 0 Å². The van der Waals surface area contributed by atoms with Crippen LogP contribution in [-0.2, 0) is 25.9 Å².